The van der Waals surface area contributed by atoms with Crippen molar-refractivity contribution in [2.45, 2.75) is 18.4 Å². The number of benzene rings is 1. The first-order valence-corrected chi connectivity index (χ1v) is 5.98. The van der Waals surface area contributed by atoms with E-state index >= 15 is 0 Å². The Balaban J connectivity index is 2.44. The molecule has 10 heteroatoms. The van der Waals surface area contributed by atoms with E-state index in [1.807, 2.05) is 0 Å². The van der Waals surface area contributed by atoms with Crippen LogP contribution in [0, 0.1) is 0 Å². The average Bonchev–Trinajstić information content (AvgIpc) is 2.44. The number of aliphatic carboxylic acids is 1. The van der Waals surface area contributed by atoms with Crippen molar-refractivity contribution in [3.8, 4) is 11.5 Å². The Kier molecular flexibility index (Phi) is 4.18. The van der Waals surface area contributed by atoms with E-state index in [4.69, 9.17) is 9.84 Å². The van der Waals surface area contributed by atoms with E-state index in [1.165, 1.54) is 0 Å². The Morgan fingerprint density at radius 2 is 1.91 bits per heavy atom. The van der Waals surface area contributed by atoms with Gasteiger partial charge < -0.3 is 14.6 Å². The molecule has 1 atom stereocenters. The molecule has 1 unspecified atom stereocenters. The highest BCUT2D eigenvalue weighted by Gasteiger charge is 2.48. The third-order valence-corrected chi connectivity index (χ3v) is 2.86. The lowest BCUT2D eigenvalue weighted by Crippen LogP contribution is -2.44. The SMILES string of the molecule is O=C(O)C1=Cc2cc(OC(F)(F)F)ccc2OC1C(F)(F)CF. The molecule has 23 heavy (non-hydrogen) atoms. The molecule has 1 aliphatic heterocycles. The maximum atomic E-state index is 13.5. The number of halogens is 6. The van der Waals surface area contributed by atoms with Crippen LogP contribution in [-0.2, 0) is 4.79 Å². The zero-order chi connectivity index (χ0) is 17.4. The lowest BCUT2D eigenvalue weighted by molar-refractivity contribution is -0.274. The Hall–Kier alpha value is -2.39. The highest BCUT2D eigenvalue weighted by atomic mass is 19.4. The number of hydrogen-bond acceptors (Lipinski definition) is 3. The monoisotopic (exact) mass is 342 g/mol. The molecule has 1 aliphatic rings. The van der Waals surface area contributed by atoms with Crippen LogP contribution >= 0.6 is 0 Å². The van der Waals surface area contributed by atoms with Gasteiger partial charge in [0, 0.05) is 5.56 Å². The van der Waals surface area contributed by atoms with E-state index in [9.17, 15) is 31.1 Å². The molecule has 0 amide bonds. The summed E-state index contributed by atoms with van der Waals surface area (Å²) in [6, 6.07) is 2.47. The fraction of sp³-hybridized carbons (Fsp3) is 0.308. The van der Waals surface area contributed by atoms with Crippen LogP contribution in [0.1, 0.15) is 5.56 Å². The fourth-order valence-corrected chi connectivity index (χ4v) is 1.94. The van der Waals surface area contributed by atoms with E-state index in [1.54, 1.807) is 0 Å². The molecule has 0 bridgehead atoms. The van der Waals surface area contributed by atoms with Crippen LogP contribution in [0.5, 0.6) is 11.5 Å². The summed E-state index contributed by atoms with van der Waals surface area (Å²) in [4.78, 5) is 11.0. The number of carboxylic acid groups (broad SMARTS) is 1. The van der Waals surface area contributed by atoms with E-state index in [-0.39, 0.29) is 11.3 Å². The second-order valence-electron chi connectivity index (χ2n) is 4.54. The lowest BCUT2D eigenvalue weighted by atomic mass is 9.97. The van der Waals surface area contributed by atoms with Crippen LogP contribution in [0.15, 0.2) is 23.8 Å². The van der Waals surface area contributed by atoms with Crippen LogP contribution in [0.25, 0.3) is 6.08 Å². The second kappa shape index (κ2) is 5.67. The maximum Gasteiger partial charge on any atom is 0.573 e. The van der Waals surface area contributed by atoms with E-state index in [2.05, 4.69) is 4.74 Å². The topological polar surface area (TPSA) is 55.8 Å². The molecule has 0 aromatic heterocycles. The molecule has 0 aliphatic carbocycles. The number of fused-ring (bicyclic) bond motifs is 1. The van der Waals surface area contributed by atoms with E-state index in [0.717, 1.165) is 18.2 Å². The lowest BCUT2D eigenvalue weighted by Gasteiger charge is -2.30. The Labute approximate surface area is 124 Å². The van der Waals surface area contributed by atoms with E-state index < -0.39 is 42.4 Å². The van der Waals surface area contributed by atoms with Crippen LogP contribution in [0.3, 0.4) is 0 Å². The molecule has 0 saturated heterocycles. The molecular weight excluding hydrogens is 334 g/mol. The summed E-state index contributed by atoms with van der Waals surface area (Å²) in [7, 11) is 0. The average molecular weight is 342 g/mol. The molecule has 0 fully saturated rings. The summed E-state index contributed by atoms with van der Waals surface area (Å²) in [6.07, 6.45) is -6.68. The molecule has 126 valence electrons. The van der Waals surface area contributed by atoms with Gasteiger partial charge in [-0.25, -0.2) is 9.18 Å². The minimum absolute atomic E-state index is 0.213. The number of rotatable bonds is 4. The zero-order valence-corrected chi connectivity index (χ0v) is 11.0. The number of hydrogen-bond donors (Lipinski definition) is 1. The summed E-state index contributed by atoms with van der Waals surface area (Å²) in [5.74, 6) is -6.92. The zero-order valence-electron chi connectivity index (χ0n) is 11.0. The Morgan fingerprint density at radius 1 is 1.26 bits per heavy atom. The molecule has 1 heterocycles. The van der Waals surface area contributed by atoms with Gasteiger partial charge in [-0.2, -0.15) is 8.78 Å². The summed E-state index contributed by atoms with van der Waals surface area (Å²) in [5.41, 5.74) is -1.20. The van der Waals surface area contributed by atoms with Crippen molar-refractivity contribution in [1.29, 1.82) is 0 Å². The van der Waals surface area contributed by atoms with Gasteiger partial charge in [0.25, 0.3) is 0 Å². The van der Waals surface area contributed by atoms with Crippen LogP contribution < -0.4 is 9.47 Å². The second-order valence-corrected chi connectivity index (χ2v) is 4.54. The largest absolute Gasteiger partial charge is 0.573 e. The van der Waals surface area contributed by atoms with Gasteiger partial charge in [-0.3, -0.25) is 0 Å². The fourth-order valence-electron chi connectivity index (χ4n) is 1.94. The van der Waals surface area contributed by atoms with Gasteiger partial charge in [-0.15, -0.1) is 13.2 Å². The first kappa shape index (κ1) is 17.0. The third kappa shape index (κ3) is 3.69. The summed E-state index contributed by atoms with van der Waals surface area (Å²) in [6.45, 7) is -2.16. The molecule has 2 rings (SSSR count). The quantitative estimate of drug-likeness (QED) is 0.852. The van der Waals surface area contributed by atoms with Gasteiger partial charge in [-0.1, -0.05) is 0 Å². The highest BCUT2D eigenvalue weighted by Crippen LogP contribution is 2.38. The van der Waals surface area contributed by atoms with E-state index in [0.29, 0.717) is 6.08 Å². The maximum absolute atomic E-state index is 13.5. The van der Waals surface area contributed by atoms with Crippen molar-refractivity contribution in [3.63, 3.8) is 0 Å². The van der Waals surface area contributed by atoms with Crippen LogP contribution in [-0.4, -0.2) is 36.1 Å². The van der Waals surface area contributed by atoms with Crippen LogP contribution in [0.2, 0.25) is 0 Å². The first-order chi connectivity index (χ1) is 10.5. The predicted octanol–water partition coefficient (Wildman–Crippen LogP) is 3.42. The third-order valence-electron chi connectivity index (χ3n) is 2.86. The smallest absolute Gasteiger partial charge is 0.478 e. The van der Waals surface area contributed by atoms with Crippen LogP contribution in [0.4, 0.5) is 26.3 Å². The van der Waals surface area contributed by atoms with Gasteiger partial charge >= 0.3 is 18.3 Å². The number of carboxylic acids is 1. The summed E-state index contributed by atoms with van der Waals surface area (Å²) >= 11 is 0. The minimum atomic E-state index is -4.98. The number of alkyl halides is 6. The van der Waals surface area contributed by atoms with Gasteiger partial charge in [0.05, 0.1) is 5.57 Å². The summed E-state index contributed by atoms with van der Waals surface area (Å²) in [5, 5.41) is 8.93. The number of carbonyl (C=O) groups is 1. The van der Waals surface area contributed by atoms with Gasteiger partial charge in [0.1, 0.15) is 11.5 Å². The molecule has 0 saturated carbocycles. The van der Waals surface area contributed by atoms with Gasteiger partial charge in [-0.05, 0) is 24.3 Å². The Bertz CT molecular complexity index is 652. The predicted molar refractivity (Wildman–Crippen MR) is 64.1 cm³/mol. The van der Waals surface area contributed by atoms with Gasteiger partial charge in [0.2, 0.25) is 0 Å². The minimum Gasteiger partial charge on any atom is -0.478 e. The molecule has 0 radical (unpaired) electrons. The normalized spacial score (nSPS) is 17.8. The van der Waals surface area contributed by atoms with Crippen molar-refractivity contribution in [1.82, 2.24) is 0 Å². The van der Waals surface area contributed by atoms with Crippen molar-refractivity contribution in [2.75, 3.05) is 6.67 Å². The highest BCUT2D eigenvalue weighted by molar-refractivity contribution is 5.95. The standard InChI is InChI=1S/C13H8F6O4/c14-5-12(15,16)10-8(11(20)21)4-6-3-7(23-13(17,18)19)1-2-9(6)22-10/h1-4,10H,5H2,(H,20,21). The van der Waals surface area contributed by atoms with Crippen molar-refractivity contribution < 1.29 is 45.7 Å². The number of ether oxygens (including phenoxy) is 2. The molecule has 1 aromatic rings. The molecule has 4 nitrogen and oxygen atoms in total. The van der Waals surface area contributed by atoms with Crippen molar-refractivity contribution in [3.05, 3.63) is 29.3 Å². The molecule has 1 N–H and O–H groups in total. The first-order valence-electron chi connectivity index (χ1n) is 5.98. The van der Waals surface area contributed by atoms with Gasteiger partial charge in [0.15, 0.2) is 12.8 Å². The summed E-state index contributed by atoms with van der Waals surface area (Å²) < 4.78 is 84.2. The molecular formula is C13H8F6O4. The Morgan fingerprint density at radius 3 is 2.43 bits per heavy atom. The van der Waals surface area contributed by atoms with Crippen molar-refractivity contribution >= 4 is 12.0 Å². The molecule has 1 aromatic carbocycles. The van der Waals surface area contributed by atoms with Crippen molar-refractivity contribution in [2.24, 2.45) is 0 Å². The molecule has 0 spiro atoms.